The lowest BCUT2D eigenvalue weighted by Crippen LogP contribution is -2.43. The average Bonchev–Trinajstić information content (AvgIpc) is 2.09. The molecule has 16 heavy (non-hydrogen) atoms. The van der Waals surface area contributed by atoms with Crippen LogP contribution < -0.4 is 10.6 Å². The van der Waals surface area contributed by atoms with Crippen LogP contribution >= 0.6 is 0 Å². The van der Waals surface area contributed by atoms with Crippen LogP contribution in [0.15, 0.2) is 0 Å². The van der Waals surface area contributed by atoms with Gasteiger partial charge in [0, 0.05) is 12.6 Å². The molecule has 0 heterocycles. The summed E-state index contributed by atoms with van der Waals surface area (Å²) in [4.78, 5) is 32.1. The number of carboxylic acids is 2. The quantitative estimate of drug-likeness (QED) is 0.509. The smallest absolute Gasteiger partial charge is 0.315 e. The van der Waals surface area contributed by atoms with E-state index >= 15 is 0 Å². The van der Waals surface area contributed by atoms with E-state index in [1.807, 2.05) is 0 Å². The van der Waals surface area contributed by atoms with Crippen LogP contribution in [0.2, 0.25) is 0 Å². The summed E-state index contributed by atoms with van der Waals surface area (Å²) in [6.45, 7) is 3.30. The minimum Gasteiger partial charge on any atom is -0.481 e. The zero-order valence-electron chi connectivity index (χ0n) is 9.19. The number of carbonyl (C=O) groups excluding carboxylic acids is 1. The Kier molecular flexibility index (Phi) is 5.91. The molecule has 0 aromatic carbocycles. The van der Waals surface area contributed by atoms with Gasteiger partial charge in [0.2, 0.25) is 0 Å². The van der Waals surface area contributed by atoms with Crippen LogP contribution in [-0.4, -0.2) is 40.8 Å². The average molecular weight is 232 g/mol. The lowest BCUT2D eigenvalue weighted by atomic mass is 10.1. The minimum absolute atomic E-state index is 0.0669. The van der Waals surface area contributed by atoms with Gasteiger partial charge in [0.05, 0.1) is 12.3 Å². The van der Waals surface area contributed by atoms with E-state index in [9.17, 15) is 14.4 Å². The molecule has 0 fully saturated rings. The summed E-state index contributed by atoms with van der Waals surface area (Å²) >= 11 is 0. The largest absolute Gasteiger partial charge is 0.481 e. The molecular weight excluding hydrogens is 216 g/mol. The second-order valence-electron chi connectivity index (χ2n) is 3.64. The first-order chi connectivity index (χ1) is 7.32. The number of carboxylic acid groups (broad SMARTS) is 2. The molecule has 0 aromatic rings. The number of urea groups is 1. The van der Waals surface area contributed by atoms with Crippen molar-refractivity contribution >= 4 is 18.0 Å². The summed E-state index contributed by atoms with van der Waals surface area (Å²) in [5.41, 5.74) is 0. The molecule has 0 radical (unpaired) electrons. The topological polar surface area (TPSA) is 116 Å². The van der Waals surface area contributed by atoms with Gasteiger partial charge in [-0.1, -0.05) is 0 Å². The maximum atomic E-state index is 11.1. The van der Waals surface area contributed by atoms with Crippen molar-refractivity contribution in [3.05, 3.63) is 0 Å². The fraction of sp³-hybridized carbons (Fsp3) is 0.667. The first kappa shape index (κ1) is 14.2. The second kappa shape index (κ2) is 6.65. The number of aliphatic carboxylic acids is 2. The van der Waals surface area contributed by atoms with Crippen LogP contribution in [0.25, 0.3) is 0 Å². The molecule has 0 bridgehead atoms. The van der Waals surface area contributed by atoms with Crippen molar-refractivity contribution in [3.63, 3.8) is 0 Å². The third kappa shape index (κ3) is 6.63. The Morgan fingerprint density at radius 1 is 1.19 bits per heavy atom. The first-order valence-corrected chi connectivity index (χ1v) is 4.82. The molecule has 0 rings (SSSR count). The van der Waals surface area contributed by atoms with Crippen molar-refractivity contribution in [2.45, 2.75) is 26.3 Å². The summed E-state index contributed by atoms with van der Waals surface area (Å²) in [7, 11) is 0. The maximum Gasteiger partial charge on any atom is 0.315 e. The standard InChI is InChI=1S/C9H16N2O5/c1-5(2)11-9(16)10-4-6(8(14)15)3-7(12)13/h5-6H,3-4H2,1-2H3,(H,12,13)(H,14,15)(H2,10,11,16). The fourth-order valence-electron chi connectivity index (χ4n) is 0.987. The highest BCUT2D eigenvalue weighted by Gasteiger charge is 2.21. The molecule has 0 saturated heterocycles. The van der Waals surface area contributed by atoms with Crippen LogP contribution in [0.1, 0.15) is 20.3 Å². The monoisotopic (exact) mass is 232 g/mol. The molecule has 0 aliphatic rings. The normalized spacial score (nSPS) is 11.9. The Morgan fingerprint density at radius 3 is 2.12 bits per heavy atom. The predicted molar refractivity (Wildman–Crippen MR) is 55.0 cm³/mol. The molecule has 92 valence electrons. The zero-order valence-corrected chi connectivity index (χ0v) is 9.19. The van der Waals surface area contributed by atoms with Crippen LogP contribution in [0.4, 0.5) is 4.79 Å². The minimum atomic E-state index is -1.24. The van der Waals surface area contributed by atoms with Gasteiger partial charge in [-0.05, 0) is 13.8 Å². The summed E-state index contributed by atoms with van der Waals surface area (Å²) in [5, 5.41) is 21.9. The molecule has 1 atom stereocenters. The van der Waals surface area contributed by atoms with E-state index in [0.29, 0.717) is 0 Å². The molecule has 1 unspecified atom stereocenters. The van der Waals surface area contributed by atoms with Gasteiger partial charge in [0.15, 0.2) is 0 Å². The molecule has 7 nitrogen and oxygen atoms in total. The lowest BCUT2D eigenvalue weighted by Gasteiger charge is -2.13. The van der Waals surface area contributed by atoms with E-state index in [0.717, 1.165) is 0 Å². The highest BCUT2D eigenvalue weighted by Crippen LogP contribution is 2.01. The van der Waals surface area contributed by atoms with Crippen molar-refractivity contribution < 1.29 is 24.6 Å². The van der Waals surface area contributed by atoms with Crippen molar-refractivity contribution in [2.75, 3.05) is 6.54 Å². The number of amides is 2. The molecule has 0 saturated carbocycles. The summed E-state index contributed by atoms with van der Waals surface area (Å²) in [6, 6.07) is -0.575. The van der Waals surface area contributed by atoms with Crippen molar-refractivity contribution in [3.8, 4) is 0 Å². The summed E-state index contributed by atoms with van der Waals surface area (Å²) < 4.78 is 0. The SMILES string of the molecule is CC(C)NC(=O)NCC(CC(=O)O)C(=O)O. The van der Waals surface area contributed by atoms with Crippen LogP contribution in [0, 0.1) is 5.92 Å². The Bertz CT molecular complexity index is 277. The number of nitrogens with one attached hydrogen (secondary N) is 2. The van der Waals surface area contributed by atoms with Gasteiger partial charge in [0.25, 0.3) is 0 Å². The highest BCUT2D eigenvalue weighted by atomic mass is 16.4. The molecular formula is C9H16N2O5. The van der Waals surface area contributed by atoms with E-state index < -0.39 is 30.3 Å². The molecule has 2 amide bonds. The molecule has 7 heteroatoms. The van der Waals surface area contributed by atoms with E-state index in [1.165, 1.54) is 0 Å². The van der Waals surface area contributed by atoms with Gasteiger partial charge in [-0.25, -0.2) is 4.79 Å². The Balaban J connectivity index is 4.07. The predicted octanol–water partition coefficient (Wildman–Crippen LogP) is -0.130. The second-order valence-corrected chi connectivity index (χ2v) is 3.64. The number of hydrogen-bond donors (Lipinski definition) is 4. The van der Waals surface area contributed by atoms with E-state index in [1.54, 1.807) is 13.8 Å². The zero-order chi connectivity index (χ0) is 12.7. The maximum absolute atomic E-state index is 11.1. The van der Waals surface area contributed by atoms with Crippen LogP contribution in [0.5, 0.6) is 0 Å². The lowest BCUT2D eigenvalue weighted by molar-refractivity contribution is -0.148. The Morgan fingerprint density at radius 2 is 1.75 bits per heavy atom. The Hall–Kier alpha value is -1.79. The molecule has 0 aliphatic heterocycles. The Labute approximate surface area is 92.8 Å². The molecule has 0 aromatic heterocycles. The third-order valence-electron chi connectivity index (χ3n) is 1.70. The van der Waals surface area contributed by atoms with Gasteiger partial charge < -0.3 is 20.8 Å². The van der Waals surface area contributed by atoms with E-state index in [4.69, 9.17) is 10.2 Å². The molecule has 0 spiro atoms. The van der Waals surface area contributed by atoms with E-state index in [2.05, 4.69) is 10.6 Å². The van der Waals surface area contributed by atoms with Gasteiger partial charge in [-0.2, -0.15) is 0 Å². The molecule has 0 aliphatic carbocycles. The van der Waals surface area contributed by atoms with Gasteiger partial charge in [-0.3, -0.25) is 9.59 Å². The fourth-order valence-corrected chi connectivity index (χ4v) is 0.987. The third-order valence-corrected chi connectivity index (χ3v) is 1.70. The van der Waals surface area contributed by atoms with Crippen LogP contribution in [0.3, 0.4) is 0 Å². The van der Waals surface area contributed by atoms with Crippen molar-refractivity contribution in [1.82, 2.24) is 10.6 Å². The summed E-state index contributed by atoms with van der Waals surface area (Å²) in [6.07, 6.45) is -0.517. The van der Waals surface area contributed by atoms with Gasteiger partial charge in [-0.15, -0.1) is 0 Å². The summed E-state index contributed by atoms with van der Waals surface area (Å²) in [5.74, 6) is -3.57. The number of carbonyl (C=O) groups is 3. The first-order valence-electron chi connectivity index (χ1n) is 4.82. The van der Waals surface area contributed by atoms with Crippen LogP contribution in [-0.2, 0) is 9.59 Å². The van der Waals surface area contributed by atoms with Crippen molar-refractivity contribution in [2.24, 2.45) is 5.92 Å². The molecule has 4 N–H and O–H groups in total. The van der Waals surface area contributed by atoms with Gasteiger partial charge in [0.1, 0.15) is 0 Å². The van der Waals surface area contributed by atoms with Crippen molar-refractivity contribution in [1.29, 1.82) is 0 Å². The number of hydrogen-bond acceptors (Lipinski definition) is 3. The van der Waals surface area contributed by atoms with E-state index in [-0.39, 0.29) is 12.6 Å². The highest BCUT2D eigenvalue weighted by molar-refractivity contribution is 5.79. The number of rotatable bonds is 6. The van der Waals surface area contributed by atoms with Gasteiger partial charge >= 0.3 is 18.0 Å².